The van der Waals surface area contributed by atoms with Gasteiger partial charge in [0, 0.05) is 6.54 Å². The summed E-state index contributed by atoms with van der Waals surface area (Å²) in [6.45, 7) is 6.83. The largest absolute Gasteiger partial charge is 0.481 e. The van der Waals surface area contributed by atoms with Crippen molar-refractivity contribution in [2.24, 2.45) is 56.8 Å². The maximum absolute atomic E-state index is 10.8. The van der Waals surface area contributed by atoms with Crippen LogP contribution in [0, 0.1) is 5.92 Å². The number of guanidine groups is 1. The standard InChI is InChI=1S/C6H14N4O2.C6H8O7.C5H12O7P2.C4H8N2O3.2C4H7NO4.C3H7NO2/c7-4(5(11)12)2-1-3-10-6(8)9;7-3(8)1-2(5(10)11)4(9)6(12)13;1-5(2)3-4-11-14(9,10)12-13(6,7)8;3*5-2(4(8)9)1-3(6)7;1-2(4)3(5)6/h4H,1-3,7H2,(H,11,12)(H4,8,9,10);2,4,9H,1H2,(H,7,8)(H,10,11)(H,12,13);1,3-4H2,2H3,(H,9,10)(H2,6,7,8);2H,1,5H2,(H2,6,7)(H,8,9);2*2H,1,5H2,(H,6,7)(H,8,9);2H,4H2,1H3,(H,5,6)/t4-;;;4*2-/m0..0000/s1. The Morgan fingerprint density at radius 3 is 1.12 bits per heavy atom. The second kappa shape index (κ2) is 43.0. The van der Waals surface area contributed by atoms with Crippen LogP contribution in [-0.4, -0.2) is 192 Å². The highest BCUT2D eigenvalue weighted by atomic mass is 31.3. The molecule has 0 fully saturated rings. The van der Waals surface area contributed by atoms with Gasteiger partial charge in [0.05, 0.1) is 32.3 Å². The molecule has 0 aliphatic carbocycles. The van der Waals surface area contributed by atoms with E-state index in [1.165, 1.54) is 6.92 Å². The number of nitrogens with two attached hydrogens (primary N) is 8. The van der Waals surface area contributed by atoms with Crippen LogP contribution < -0.4 is 45.9 Å². The Morgan fingerprint density at radius 2 is 0.917 bits per heavy atom. The van der Waals surface area contributed by atoms with Crippen LogP contribution in [0.25, 0.3) is 0 Å². The van der Waals surface area contributed by atoms with Gasteiger partial charge in [0.2, 0.25) is 5.91 Å². The van der Waals surface area contributed by atoms with E-state index in [2.05, 4.69) is 26.1 Å². The molecule has 0 aromatic carbocycles. The first kappa shape index (κ1) is 79.3. The van der Waals surface area contributed by atoms with Gasteiger partial charge >= 0.3 is 75.3 Å². The van der Waals surface area contributed by atoms with E-state index in [0.717, 1.165) is 0 Å². The number of nitrogens with zero attached hydrogens (tertiary/aromatic N) is 1. The number of phosphoric acid groups is 2. The number of primary amides is 1. The van der Waals surface area contributed by atoms with Gasteiger partial charge in [0.25, 0.3) is 0 Å². The molecule has 0 spiro atoms. The fourth-order valence-corrected chi connectivity index (χ4v) is 4.27. The lowest BCUT2D eigenvalue weighted by molar-refractivity contribution is -0.162. The van der Waals surface area contributed by atoms with E-state index in [9.17, 15) is 61.9 Å². The number of carbonyl (C=O) groups is 11. The van der Waals surface area contributed by atoms with E-state index in [4.69, 9.17) is 111 Å². The molecule has 0 bridgehead atoms. The van der Waals surface area contributed by atoms with Gasteiger partial charge < -0.3 is 117 Å². The number of phosphoric ester groups is 1. The summed E-state index contributed by atoms with van der Waals surface area (Å²) in [5.74, 6) is -15.6. The maximum atomic E-state index is 10.8. The number of hydrogen-bond donors (Lipinski definition) is 22. The van der Waals surface area contributed by atoms with Crippen molar-refractivity contribution in [3.63, 3.8) is 0 Å². The third-order valence-corrected chi connectivity index (χ3v) is 8.36. The molecule has 3 unspecified atom stereocenters. The van der Waals surface area contributed by atoms with Crippen molar-refractivity contribution in [3.8, 4) is 0 Å². The summed E-state index contributed by atoms with van der Waals surface area (Å²) in [5.41, 5.74) is 40.1. The van der Waals surface area contributed by atoms with Crippen LogP contribution in [0.15, 0.2) is 17.1 Å². The zero-order chi connectivity index (χ0) is 59.0. The predicted octanol–water partition coefficient (Wildman–Crippen LogP) is -6.32. The van der Waals surface area contributed by atoms with Gasteiger partial charge in [-0.3, -0.25) is 57.5 Å². The Kier molecular flexibility index (Phi) is 47.4. The van der Waals surface area contributed by atoms with Crippen LogP contribution >= 0.6 is 15.6 Å². The number of aliphatic carboxylic acids is 10. The van der Waals surface area contributed by atoms with Crippen LogP contribution in [0.2, 0.25) is 0 Å². The SMILES string of the molecule is C=C(C)CCOP(=O)(O)OP(=O)(O)O.C[C@H](N)C(=O)O.NC(=O)C[C@H](N)C(=O)O.NC(N)=NCCC[C@H](N)C(=O)O.N[C@@H](CC(=O)O)C(=O)O.N[C@@H](CC(=O)O)C(=O)O.O=C(O)CC(C(=O)O)C(O)C(=O)O. The molecule has 30 N–H and O–H groups in total. The molecule has 0 aromatic heterocycles. The van der Waals surface area contributed by atoms with Crippen LogP contribution in [0.1, 0.15) is 58.8 Å². The number of hydrogen-bond acceptors (Lipinski definition) is 22. The van der Waals surface area contributed by atoms with E-state index in [1.54, 1.807) is 6.92 Å². The van der Waals surface area contributed by atoms with Gasteiger partial charge in [-0.15, -0.1) is 6.58 Å². The molecule has 0 aromatic rings. The first-order valence-electron chi connectivity index (χ1n) is 18.7. The fraction of sp³-hybridized carbons (Fsp3) is 0.562. The van der Waals surface area contributed by atoms with Gasteiger partial charge in [0.1, 0.15) is 36.1 Å². The number of aliphatic hydroxyl groups excluding tert-OH is 1. The molecule has 0 heterocycles. The van der Waals surface area contributed by atoms with E-state index in [1.807, 2.05) is 0 Å². The number of carbonyl (C=O) groups excluding carboxylic acids is 1. The van der Waals surface area contributed by atoms with Crippen molar-refractivity contribution in [2.75, 3.05) is 13.2 Å². The minimum atomic E-state index is -5.01. The number of aliphatic hydroxyl groups is 1. The lowest BCUT2D eigenvalue weighted by atomic mass is 9.99. The third kappa shape index (κ3) is 65.3. The second-order valence-corrected chi connectivity index (χ2v) is 16.0. The fourth-order valence-electron chi connectivity index (χ4n) is 2.69. The zero-order valence-electron chi connectivity index (χ0n) is 38.0. The molecule has 0 saturated heterocycles. The molecule has 40 heteroatoms. The second-order valence-electron chi connectivity index (χ2n) is 13.1. The summed E-state index contributed by atoms with van der Waals surface area (Å²) in [6.07, 6.45) is -3.25. The van der Waals surface area contributed by atoms with Crippen LogP contribution in [0.4, 0.5) is 0 Å². The first-order valence-corrected chi connectivity index (χ1v) is 21.7. The van der Waals surface area contributed by atoms with Gasteiger partial charge in [-0.25, -0.2) is 13.9 Å². The zero-order valence-corrected chi connectivity index (χ0v) is 39.7. The summed E-state index contributed by atoms with van der Waals surface area (Å²) in [5, 5.41) is 89.9. The number of carboxylic acids is 10. The molecule has 0 aliphatic heterocycles. The molecule has 0 rings (SSSR count). The van der Waals surface area contributed by atoms with Gasteiger partial charge in [-0.05, 0) is 33.1 Å². The average Bonchev–Trinajstić information content (AvgIpc) is 3.17. The third-order valence-electron chi connectivity index (χ3n) is 6.17. The summed E-state index contributed by atoms with van der Waals surface area (Å²) in [4.78, 5) is 138. The highest BCUT2D eigenvalue weighted by Crippen LogP contribution is 2.57. The highest BCUT2D eigenvalue weighted by molar-refractivity contribution is 7.60. The van der Waals surface area contributed by atoms with Crippen molar-refractivity contribution in [3.05, 3.63) is 12.2 Å². The van der Waals surface area contributed by atoms with Gasteiger partial charge in [-0.1, -0.05) is 5.57 Å². The topological polar surface area (TPSA) is 744 Å². The quantitative estimate of drug-likeness (QED) is 0.0126. The molecule has 1 amide bonds. The summed E-state index contributed by atoms with van der Waals surface area (Å²) < 4.78 is 28.8. The normalized spacial score (nSPS) is 13.7. The highest BCUT2D eigenvalue weighted by Gasteiger charge is 2.34. The van der Waals surface area contributed by atoms with Crippen molar-refractivity contribution in [1.82, 2.24) is 0 Å². The summed E-state index contributed by atoms with van der Waals surface area (Å²) >= 11 is 0. The Hall–Kier alpha value is -6.80. The molecular formula is C32H63N9O29P2. The van der Waals surface area contributed by atoms with Crippen molar-refractivity contribution in [1.29, 1.82) is 0 Å². The molecule has 72 heavy (non-hydrogen) atoms. The van der Waals surface area contributed by atoms with Crippen molar-refractivity contribution >= 4 is 87.2 Å². The predicted molar refractivity (Wildman–Crippen MR) is 237 cm³/mol. The van der Waals surface area contributed by atoms with E-state index < -0.39 is 143 Å². The van der Waals surface area contributed by atoms with Gasteiger partial charge in [0.15, 0.2) is 12.1 Å². The number of aliphatic imine (C=N–C) groups is 1. The number of rotatable bonds is 26. The summed E-state index contributed by atoms with van der Waals surface area (Å²) in [7, 11) is -9.69. The average molecular weight is 1100 g/mol. The minimum absolute atomic E-state index is 0.0129. The van der Waals surface area contributed by atoms with Crippen LogP contribution in [0.3, 0.4) is 0 Å². The molecule has 8 atom stereocenters. The summed E-state index contributed by atoms with van der Waals surface area (Å²) in [6, 6.07) is -5.29. The van der Waals surface area contributed by atoms with E-state index in [-0.39, 0.29) is 19.0 Å². The van der Waals surface area contributed by atoms with Crippen molar-refractivity contribution in [2.45, 2.75) is 95.1 Å². The monoisotopic (exact) mass is 1100 g/mol. The molecule has 0 radical (unpaired) electrons. The molecule has 420 valence electrons. The van der Waals surface area contributed by atoms with Crippen LogP contribution in [0.5, 0.6) is 0 Å². The first-order chi connectivity index (χ1) is 32.3. The van der Waals surface area contributed by atoms with Gasteiger partial charge in [-0.2, -0.15) is 4.31 Å². The Bertz CT molecular complexity index is 1820. The minimum Gasteiger partial charge on any atom is -0.481 e. The number of amides is 1. The van der Waals surface area contributed by atoms with Crippen molar-refractivity contribution < 1.29 is 142 Å². The Balaban J connectivity index is -0.000000139. The lowest BCUT2D eigenvalue weighted by Gasteiger charge is -2.12. The molecular weight excluding hydrogens is 1040 g/mol. The Labute approximate surface area is 405 Å². The van der Waals surface area contributed by atoms with E-state index in [0.29, 0.717) is 31.4 Å². The lowest BCUT2D eigenvalue weighted by Crippen LogP contribution is -2.36. The Morgan fingerprint density at radius 1 is 0.569 bits per heavy atom. The maximum Gasteiger partial charge on any atom is 0.481 e. The van der Waals surface area contributed by atoms with E-state index >= 15 is 0 Å². The smallest absolute Gasteiger partial charge is 0.481 e. The molecule has 0 aliphatic rings. The number of carboxylic acid groups (broad SMARTS) is 10. The van der Waals surface area contributed by atoms with Crippen LogP contribution in [-0.2, 0) is 70.7 Å². The molecule has 38 nitrogen and oxygen atoms in total. The molecule has 0 saturated carbocycles.